The maximum atomic E-state index is 11.0. The van der Waals surface area contributed by atoms with Gasteiger partial charge in [0.1, 0.15) is 0 Å². The van der Waals surface area contributed by atoms with Gasteiger partial charge in [-0.05, 0) is 19.4 Å². The molecule has 1 heterocycles. The maximum Gasteiger partial charge on any atom is 0.246 e. The van der Waals surface area contributed by atoms with Crippen LogP contribution in [0.5, 0.6) is 0 Å². The average molecular weight is 182 g/mol. The zero-order valence-corrected chi connectivity index (χ0v) is 7.87. The number of aliphatic hydroxyl groups is 1. The number of rotatable bonds is 2. The summed E-state index contributed by atoms with van der Waals surface area (Å²) in [6.45, 7) is 4.74. The molecule has 0 unspecified atom stereocenters. The van der Waals surface area contributed by atoms with Gasteiger partial charge >= 0.3 is 0 Å². The van der Waals surface area contributed by atoms with Crippen molar-refractivity contribution in [3.8, 4) is 0 Å². The molecule has 4 nitrogen and oxygen atoms in total. The van der Waals surface area contributed by atoms with Crippen LogP contribution in [0.25, 0.3) is 0 Å². The molecule has 1 aliphatic heterocycles. The monoisotopic (exact) mass is 182 g/mol. The summed E-state index contributed by atoms with van der Waals surface area (Å²) >= 11 is 0. The summed E-state index contributed by atoms with van der Waals surface area (Å²) in [6.07, 6.45) is 1.56. The van der Waals surface area contributed by atoms with Crippen molar-refractivity contribution in [2.75, 3.05) is 13.1 Å². The molecule has 0 atom stereocenters. The zero-order valence-electron chi connectivity index (χ0n) is 7.87. The number of allylic oxidation sites excluding steroid dienone is 2. The van der Waals surface area contributed by atoms with Crippen LogP contribution < -0.4 is 5.73 Å². The van der Waals surface area contributed by atoms with Crippen LogP contribution in [-0.2, 0) is 4.79 Å². The summed E-state index contributed by atoms with van der Waals surface area (Å²) in [5.41, 5.74) is 6.50. The van der Waals surface area contributed by atoms with Crippen LogP contribution in [0.3, 0.4) is 0 Å². The molecule has 0 fully saturated rings. The number of carbonyl (C=O) groups is 1. The van der Waals surface area contributed by atoms with E-state index < -0.39 is 5.91 Å². The number of hydrogen-bond acceptors (Lipinski definition) is 3. The SMILES string of the molecule is CCN1CC(C(N)=O)=C(C)C=C1O. The number of amides is 1. The molecule has 0 radical (unpaired) electrons. The van der Waals surface area contributed by atoms with Gasteiger partial charge in [-0.15, -0.1) is 0 Å². The van der Waals surface area contributed by atoms with E-state index in [1.54, 1.807) is 17.9 Å². The van der Waals surface area contributed by atoms with E-state index in [-0.39, 0.29) is 5.88 Å². The number of hydrogen-bond donors (Lipinski definition) is 2. The molecular formula is C9H14N2O2. The number of nitrogens with zero attached hydrogens (tertiary/aromatic N) is 1. The fraction of sp³-hybridized carbons (Fsp3) is 0.444. The van der Waals surface area contributed by atoms with Crippen molar-refractivity contribution >= 4 is 5.91 Å². The van der Waals surface area contributed by atoms with Crippen LogP contribution in [0.2, 0.25) is 0 Å². The Morgan fingerprint density at radius 2 is 2.38 bits per heavy atom. The Bertz CT molecular complexity index is 292. The van der Waals surface area contributed by atoms with Crippen molar-refractivity contribution in [3.05, 3.63) is 23.1 Å². The Kier molecular flexibility index (Phi) is 2.60. The highest BCUT2D eigenvalue weighted by Gasteiger charge is 2.19. The lowest BCUT2D eigenvalue weighted by molar-refractivity contribution is -0.114. The smallest absolute Gasteiger partial charge is 0.246 e. The first kappa shape index (κ1) is 9.64. The summed E-state index contributed by atoms with van der Waals surface area (Å²) in [5.74, 6) is -0.218. The predicted octanol–water partition coefficient (Wildman–Crippen LogP) is 0.523. The predicted molar refractivity (Wildman–Crippen MR) is 49.9 cm³/mol. The molecule has 4 heteroatoms. The molecular weight excluding hydrogens is 168 g/mol. The molecule has 0 aromatic carbocycles. The minimum atomic E-state index is -0.417. The van der Waals surface area contributed by atoms with Gasteiger partial charge in [0.25, 0.3) is 0 Å². The highest BCUT2D eigenvalue weighted by Crippen LogP contribution is 2.17. The molecule has 1 rings (SSSR count). The van der Waals surface area contributed by atoms with E-state index in [1.807, 2.05) is 6.92 Å². The van der Waals surface area contributed by atoms with Crippen LogP contribution in [0.4, 0.5) is 0 Å². The summed E-state index contributed by atoms with van der Waals surface area (Å²) in [5, 5.41) is 9.44. The van der Waals surface area contributed by atoms with Gasteiger partial charge in [-0.1, -0.05) is 0 Å². The second kappa shape index (κ2) is 3.51. The van der Waals surface area contributed by atoms with E-state index >= 15 is 0 Å². The van der Waals surface area contributed by atoms with E-state index in [0.717, 1.165) is 5.57 Å². The minimum absolute atomic E-state index is 0.199. The van der Waals surface area contributed by atoms with Crippen LogP contribution in [0.1, 0.15) is 13.8 Å². The second-order valence-corrected chi connectivity index (χ2v) is 3.04. The Hall–Kier alpha value is -1.45. The standard InChI is InChI=1S/C9H14N2O2/c1-3-11-5-7(9(10)13)6(2)4-8(11)12/h4,12H,3,5H2,1-2H3,(H2,10,13). The van der Waals surface area contributed by atoms with E-state index in [1.165, 1.54) is 0 Å². The van der Waals surface area contributed by atoms with Crippen molar-refractivity contribution in [2.24, 2.45) is 5.73 Å². The van der Waals surface area contributed by atoms with E-state index in [2.05, 4.69) is 0 Å². The van der Waals surface area contributed by atoms with Gasteiger partial charge in [0.15, 0.2) is 5.88 Å². The highest BCUT2D eigenvalue weighted by molar-refractivity contribution is 5.94. The largest absolute Gasteiger partial charge is 0.495 e. The zero-order chi connectivity index (χ0) is 10.0. The van der Waals surface area contributed by atoms with Crippen LogP contribution in [-0.4, -0.2) is 29.0 Å². The molecule has 72 valence electrons. The van der Waals surface area contributed by atoms with Crippen molar-refractivity contribution in [2.45, 2.75) is 13.8 Å². The highest BCUT2D eigenvalue weighted by atomic mass is 16.3. The second-order valence-electron chi connectivity index (χ2n) is 3.04. The summed E-state index contributed by atoms with van der Waals surface area (Å²) < 4.78 is 0. The molecule has 0 aromatic rings. The minimum Gasteiger partial charge on any atom is -0.495 e. The third kappa shape index (κ3) is 1.83. The molecule has 0 spiro atoms. The Balaban J connectivity index is 2.97. The van der Waals surface area contributed by atoms with Gasteiger partial charge in [0.05, 0.1) is 6.54 Å². The topological polar surface area (TPSA) is 66.6 Å². The molecule has 13 heavy (non-hydrogen) atoms. The third-order valence-corrected chi connectivity index (χ3v) is 2.17. The number of nitrogens with two attached hydrogens (primary N) is 1. The van der Waals surface area contributed by atoms with Gasteiger partial charge < -0.3 is 15.7 Å². The molecule has 0 aliphatic carbocycles. The van der Waals surface area contributed by atoms with E-state index in [9.17, 15) is 9.90 Å². The normalized spacial score (nSPS) is 17.4. The van der Waals surface area contributed by atoms with Crippen LogP contribution in [0.15, 0.2) is 23.1 Å². The molecule has 1 aliphatic rings. The summed E-state index contributed by atoms with van der Waals surface area (Å²) in [7, 11) is 0. The van der Waals surface area contributed by atoms with Gasteiger partial charge in [0, 0.05) is 18.2 Å². The molecule has 0 saturated heterocycles. The van der Waals surface area contributed by atoms with E-state index in [0.29, 0.717) is 18.7 Å². The summed E-state index contributed by atoms with van der Waals surface area (Å²) in [6, 6.07) is 0. The van der Waals surface area contributed by atoms with Gasteiger partial charge in [-0.25, -0.2) is 0 Å². The fourth-order valence-electron chi connectivity index (χ4n) is 1.31. The molecule has 0 aromatic heterocycles. The van der Waals surface area contributed by atoms with Crippen molar-refractivity contribution in [1.82, 2.24) is 4.90 Å². The van der Waals surface area contributed by atoms with Crippen molar-refractivity contribution < 1.29 is 9.90 Å². The Morgan fingerprint density at radius 1 is 1.77 bits per heavy atom. The first-order valence-electron chi connectivity index (χ1n) is 4.21. The van der Waals surface area contributed by atoms with E-state index in [4.69, 9.17) is 5.73 Å². The molecule has 0 saturated carbocycles. The fourth-order valence-corrected chi connectivity index (χ4v) is 1.31. The number of carbonyl (C=O) groups excluding carboxylic acids is 1. The van der Waals surface area contributed by atoms with Crippen LogP contribution >= 0.6 is 0 Å². The van der Waals surface area contributed by atoms with Crippen molar-refractivity contribution in [3.63, 3.8) is 0 Å². The lowest BCUT2D eigenvalue weighted by Gasteiger charge is -2.26. The molecule has 1 amide bonds. The van der Waals surface area contributed by atoms with Crippen LogP contribution in [0, 0.1) is 0 Å². The average Bonchev–Trinajstić information content (AvgIpc) is 2.03. The first-order chi connectivity index (χ1) is 6.06. The lowest BCUT2D eigenvalue weighted by Crippen LogP contribution is -2.33. The lowest BCUT2D eigenvalue weighted by atomic mass is 10.1. The quantitative estimate of drug-likeness (QED) is 0.654. The first-order valence-corrected chi connectivity index (χ1v) is 4.21. The Morgan fingerprint density at radius 3 is 2.85 bits per heavy atom. The third-order valence-electron chi connectivity index (χ3n) is 2.17. The number of aliphatic hydroxyl groups excluding tert-OH is 1. The molecule has 3 N–H and O–H groups in total. The van der Waals surface area contributed by atoms with Gasteiger partial charge in [-0.2, -0.15) is 0 Å². The summed E-state index contributed by atoms with van der Waals surface area (Å²) in [4.78, 5) is 12.6. The van der Waals surface area contributed by atoms with Crippen molar-refractivity contribution in [1.29, 1.82) is 0 Å². The van der Waals surface area contributed by atoms with Gasteiger partial charge in [-0.3, -0.25) is 4.79 Å². The maximum absolute atomic E-state index is 11.0. The van der Waals surface area contributed by atoms with Gasteiger partial charge in [0.2, 0.25) is 5.91 Å². The number of primary amides is 1. The number of likely N-dealkylation sites (N-methyl/N-ethyl adjacent to an activating group) is 1. The molecule has 0 bridgehead atoms. The Labute approximate surface area is 77.3 Å².